The maximum atomic E-state index is 11.6. The fraction of sp³-hybridized carbons (Fsp3) is 0.833. The molecule has 0 fully saturated rings. The summed E-state index contributed by atoms with van der Waals surface area (Å²) in [6.07, 6.45) is -0.622. The average Bonchev–Trinajstić information content (AvgIpc) is 2.08. The van der Waals surface area contributed by atoms with Gasteiger partial charge in [0.25, 0.3) is 0 Å². The van der Waals surface area contributed by atoms with Crippen LogP contribution in [0.4, 0.5) is 4.79 Å². The van der Waals surface area contributed by atoms with Crippen molar-refractivity contribution >= 4 is 12.1 Å². The highest BCUT2D eigenvalue weighted by Crippen LogP contribution is 2.20. The minimum absolute atomic E-state index is 0.440. The van der Waals surface area contributed by atoms with Crippen LogP contribution in [0.15, 0.2) is 0 Å². The third-order valence-electron chi connectivity index (χ3n) is 1.96. The summed E-state index contributed by atoms with van der Waals surface area (Å²) < 4.78 is 9.76. The lowest BCUT2D eigenvalue weighted by Gasteiger charge is -2.30. The lowest BCUT2D eigenvalue weighted by Crippen LogP contribution is -2.50. The van der Waals surface area contributed by atoms with E-state index in [0.29, 0.717) is 0 Å². The Hall–Kier alpha value is -1.26. The maximum absolute atomic E-state index is 11.6. The largest absolute Gasteiger partial charge is 0.467 e. The Kier molecular flexibility index (Phi) is 4.98. The Labute approximate surface area is 103 Å². The molecule has 0 spiro atoms. The number of nitrogens with one attached hydrogen (secondary N) is 1. The molecular weight excluding hydrogens is 222 g/mol. The first kappa shape index (κ1) is 15.7. The van der Waals surface area contributed by atoms with Crippen LogP contribution in [0, 0.1) is 5.41 Å². The van der Waals surface area contributed by atoms with E-state index in [9.17, 15) is 9.59 Å². The zero-order valence-electron chi connectivity index (χ0n) is 11.7. The molecule has 5 nitrogen and oxygen atoms in total. The molecule has 0 bridgehead atoms. The lowest BCUT2D eigenvalue weighted by molar-refractivity contribution is -0.146. The van der Waals surface area contributed by atoms with Crippen LogP contribution in [-0.2, 0) is 14.3 Å². The first-order valence-corrected chi connectivity index (χ1v) is 5.54. The van der Waals surface area contributed by atoms with Crippen LogP contribution in [-0.4, -0.2) is 30.8 Å². The summed E-state index contributed by atoms with van der Waals surface area (Å²) in [6.45, 7) is 10.8. The number of amides is 1. The van der Waals surface area contributed by atoms with Crippen LogP contribution in [0.2, 0.25) is 0 Å². The number of hydrogen-bond acceptors (Lipinski definition) is 4. The molecule has 0 aliphatic carbocycles. The molecule has 1 atom stereocenters. The number of carbonyl (C=O) groups is 2. The van der Waals surface area contributed by atoms with Gasteiger partial charge in [-0.1, -0.05) is 20.8 Å². The fourth-order valence-electron chi connectivity index (χ4n) is 1.17. The molecule has 0 aromatic carbocycles. The van der Waals surface area contributed by atoms with Crippen molar-refractivity contribution < 1.29 is 19.1 Å². The molecule has 0 aromatic rings. The van der Waals surface area contributed by atoms with Crippen molar-refractivity contribution in [2.75, 3.05) is 7.11 Å². The predicted octanol–water partition coefficient (Wildman–Crippen LogP) is 2.10. The van der Waals surface area contributed by atoms with E-state index in [1.807, 2.05) is 20.8 Å². The second-order valence-electron chi connectivity index (χ2n) is 5.97. The molecule has 1 unspecified atom stereocenters. The van der Waals surface area contributed by atoms with Gasteiger partial charge in [-0.15, -0.1) is 0 Å². The van der Waals surface area contributed by atoms with Gasteiger partial charge in [0.15, 0.2) is 0 Å². The fourth-order valence-corrected chi connectivity index (χ4v) is 1.17. The Balaban J connectivity index is 4.67. The van der Waals surface area contributed by atoms with E-state index in [1.54, 1.807) is 20.8 Å². The molecule has 0 aromatic heterocycles. The van der Waals surface area contributed by atoms with Crippen molar-refractivity contribution in [2.24, 2.45) is 5.41 Å². The molecule has 0 heterocycles. The quantitative estimate of drug-likeness (QED) is 0.757. The van der Waals surface area contributed by atoms with Gasteiger partial charge in [0.05, 0.1) is 7.11 Å². The van der Waals surface area contributed by atoms with E-state index in [-0.39, 0.29) is 0 Å². The van der Waals surface area contributed by atoms with E-state index in [0.717, 1.165) is 0 Å². The Morgan fingerprint density at radius 2 is 1.53 bits per heavy atom. The van der Waals surface area contributed by atoms with Crippen molar-refractivity contribution in [3.05, 3.63) is 0 Å². The van der Waals surface area contributed by atoms with Gasteiger partial charge in [-0.05, 0) is 26.2 Å². The summed E-state index contributed by atoms with van der Waals surface area (Å²) in [6, 6.07) is -0.734. The van der Waals surface area contributed by atoms with Gasteiger partial charge in [-0.3, -0.25) is 0 Å². The van der Waals surface area contributed by atoms with Crippen LogP contribution in [0.1, 0.15) is 41.5 Å². The van der Waals surface area contributed by atoms with Gasteiger partial charge in [0.1, 0.15) is 11.6 Å². The highest BCUT2D eigenvalue weighted by molar-refractivity contribution is 5.82. The van der Waals surface area contributed by atoms with Crippen molar-refractivity contribution in [1.29, 1.82) is 0 Å². The summed E-state index contributed by atoms with van der Waals surface area (Å²) >= 11 is 0. The minimum atomic E-state index is -0.734. The van der Waals surface area contributed by atoms with Crippen LogP contribution >= 0.6 is 0 Å². The van der Waals surface area contributed by atoms with Crippen LogP contribution < -0.4 is 5.32 Å². The molecule has 0 aliphatic rings. The Morgan fingerprint density at radius 1 is 1.06 bits per heavy atom. The second-order valence-corrected chi connectivity index (χ2v) is 5.97. The van der Waals surface area contributed by atoms with Crippen LogP contribution in [0.25, 0.3) is 0 Å². The van der Waals surface area contributed by atoms with E-state index in [4.69, 9.17) is 4.74 Å². The molecule has 0 radical (unpaired) electrons. The molecule has 0 rings (SSSR count). The van der Waals surface area contributed by atoms with E-state index in [2.05, 4.69) is 10.1 Å². The van der Waals surface area contributed by atoms with Crippen molar-refractivity contribution in [2.45, 2.75) is 53.2 Å². The normalized spacial score (nSPS) is 13.8. The number of methoxy groups -OCH3 is 1. The van der Waals surface area contributed by atoms with E-state index < -0.39 is 29.1 Å². The average molecular weight is 245 g/mol. The van der Waals surface area contributed by atoms with Crippen LogP contribution in [0.5, 0.6) is 0 Å². The molecule has 0 saturated heterocycles. The predicted molar refractivity (Wildman–Crippen MR) is 64.6 cm³/mol. The first-order chi connectivity index (χ1) is 7.47. The number of alkyl carbamates (subject to hydrolysis) is 1. The van der Waals surface area contributed by atoms with Crippen molar-refractivity contribution in [1.82, 2.24) is 5.32 Å². The molecule has 5 heteroatoms. The summed E-state index contributed by atoms with van der Waals surface area (Å²) in [7, 11) is 1.29. The Bertz CT molecular complexity index is 286. The summed E-state index contributed by atoms with van der Waals surface area (Å²) in [4.78, 5) is 23.2. The highest BCUT2D eigenvalue weighted by Gasteiger charge is 2.34. The number of esters is 1. The zero-order valence-corrected chi connectivity index (χ0v) is 11.7. The minimum Gasteiger partial charge on any atom is -0.467 e. The monoisotopic (exact) mass is 245 g/mol. The third kappa shape index (κ3) is 6.14. The molecule has 1 amide bonds. The first-order valence-electron chi connectivity index (χ1n) is 5.54. The molecule has 0 aliphatic heterocycles. The van der Waals surface area contributed by atoms with Crippen molar-refractivity contribution in [3.8, 4) is 0 Å². The van der Waals surface area contributed by atoms with E-state index >= 15 is 0 Å². The third-order valence-corrected chi connectivity index (χ3v) is 1.96. The maximum Gasteiger partial charge on any atom is 0.408 e. The molecular formula is C12H23NO4. The zero-order chi connectivity index (χ0) is 13.9. The van der Waals surface area contributed by atoms with Gasteiger partial charge in [-0.2, -0.15) is 0 Å². The smallest absolute Gasteiger partial charge is 0.408 e. The summed E-state index contributed by atoms with van der Waals surface area (Å²) in [5, 5.41) is 2.53. The van der Waals surface area contributed by atoms with Gasteiger partial charge in [-0.25, -0.2) is 9.59 Å². The highest BCUT2D eigenvalue weighted by atomic mass is 16.6. The molecule has 100 valence electrons. The van der Waals surface area contributed by atoms with Gasteiger partial charge in [0, 0.05) is 0 Å². The number of hydrogen-bond donors (Lipinski definition) is 1. The Morgan fingerprint density at radius 3 is 1.82 bits per heavy atom. The molecule has 1 N–H and O–H groups in total. The molecule has 17 heavy (non-hydrogen) atoms. The topological polar surface area (TPSA) is 64.6 Å². The van der Waals surface area contributed by atoms with Gasteiger partial charge in [0.2, 0.25) is 0 Å². The lowest BCUT2D eigenvalue weighted by atomic mass is 9.87. The standard InChI is InChI=1S/C12H23NO4/c1-11(2,3)8(9(14)16-7)13-10(15)17-12(4,5)6/h8H,1-7H3,(H,13,15). The number of rotatable bonds is 2. The van der Waals surface area contributed by atoms with Gasteiger partial charge < -0.3 is 14.8 Å². The SMILES string of the molecule is COC(=O)C(NC(=O)OC(C)(C)C)C(C)(C)C. The van der Waals surface area contributed by atoms with E-state index in [1.165, 1.54) is 7.11 Å². The second kappa shape index (κ2) is 5.38. The number of carbonyl (C=O) groups excluding carboxylic acids is 2. The number of ether oxygens (including phenoxy) is 2. The summed E-state index contributed by atoms with van der Waals surface area (Å²) in [5.41, 5.74) is -1.04. The van der Waals surface area contributed by atoms with Crippen molar-refractivity contribution in [3.63, 3.8) is 0 Å². The molecule has 0 saturated carbocycles. The van der Waals surface area contributed by atoms with Gasteiger partial charge >= 0.3 is 12.1 Å². The van der Waals surface area contributed by atoms with Crippen LogP contribution in [0.3, 0.4) is 0 Å². The summed E-state index contributed by atoms with van der Waals surface area (Å²) in [5.74, 6) is -0.483.